The molecule has 1 fully saturated rings. The summed E-state index contributed by atoms with van der Waals surface area (Å²) in [4.78, 5) is 12.1. The van der Waals surface area contributed by atoms with Crippen molar-refractivity contribution >= 4 is 21.8 Å². The second kappa shape index (κ2) is 7.80. The maximum atomic E-state index is 12.1. The van der Waals surface area contributed by atoms with Crippen LogP contribution in [0.3, 0.4) is 0 Å². The van der Waals surface area contributed by atoms with Gasteiger partial charge in [-0.2, -0.15) is 0 Å². The third kappa shape index (κ3) is 4.71. The molecule has 1 aromatic rings. The van der Waals surface area contributed by atoms with E-state index in [0.717, 1.165) is 35.2 Å². The first-order valence-corrected chi connectivity index (χ1v) is 8.29. The fourth-order valence-corrected chi connectivity index (χ4v) is 2.98. The number of amides is 1. The molecule has 0 saturated heterocycles. The molecule has 0 aromatic heterocycles. The Morgan fingerprint density at radius 3 is 2.81 bits per heavy atom. The highest BCUT2D eigenvalue weighted by Gasteiger charge is 2.21. The molecule has 0 heterocycles. The molecule has 1 atom stereocenters. The van der Waals surface area contributed by atoms with Gasteiger partial charge in [0.15, 0.2) is 6.10 Å². The van der Waals surface area contributed by atoms with Crippen LogP contribution in [-0.4, -0.2) is 25.1 Å². The smallest absolute Gasteiger partial charge is 0.260 e. The molecule has 116 valence electrons. The molecule has 5 heteroatoms. The van der Waals surface area contributed by atoms with Crippen LogP contribution in [0, 0.1) is 0 Å². The van der Waals surface area contributed by atoms with E-state index in [1.54, 1.807) is 6.92 Å². The zero-order valence-electron chi connectivity index (χ0n) is 12.6. The van der Waals surface area contributed by atoms with Gasteiger partial charge in [0.25, 0.3) is 5.91 Å². The summed E-state index contributed by atoms with van der Waals surface area (Å²) in [5.41, 5.74) is 1.11. The van der Waals surface area contributed by atoms with Gasteiger partial charge in [0.1, 0.15) is 5.75 Å². The van der Waals surface area contributed by atoms with Gasteiger partial charge in [-0.15, -0.1) is 0 Å². The Hall–Kier alpha value is -1.07. The lowest BCUT2D eigenvalue weighted by Crippen LogP contribution is -2.41. The molecular weight excluding hydrogens is 332 g/mol. The van der Waals surface area contributed by atoms with Gasteiger partial charge in [0, 0.05) is 17.1 Å². The molecule has 1 saturated carbocycles. The van der Waals surface area contributed by atoms with Crippen LogP contribution in [0.5, 0.6) is 5.75 Å². The fourth-order valence-electron chi connectivity index (χ4n) is 2.60. The lowest BCUT2D eigenvalue weighted by atomic mass is 10.2. The van der Waals surface area contributed by atoms with Gasteiger partial charge in [-0.05, 0) is 50.6 Å². The summed E-state index contributed by atoms with van der Waals surface area (Å²) in [6, 6.07) is 6.11. The van der Waals surface area contributed by atoms with Crippen LogP contribution in [0.2, 0.25) is 0 Å². The summed E-state index contributed by atoms with van der Waals surface area (Å²) in [5, 5.41) is 6.18. The van der Waals surface area contributed by atoms with Gasteiger partial charge in [-0.3, -0.25) is 4.79 Å². The van der Waals surface area contributed by atoms with Gasteiger partial charge < -0.3 is 15.4 Å². The van der Waals surface area contributed by atoms with Gasteiger partial charge in [0.05, 0.1) is 0 Å². The summed E-state index contributed by atoms with van der Waals surface area (Å²) in [6.45, 7) is 2.55. The molecular formula is C16H23BrN2O2. The lowest BCUT2D eigenvalue weighted by Gasteiger charge is -2.18. The highest BCUT2D eigenvalue weighted by Crippen LogP contribution is 2.23. The average molecular weight is 355 g/mol. The Bertz CT molecular complexity index is 487. The molecule has 1 amide bonds. The number of hydrogen-bond acceptors (Lipinski definition) is 3. The second-order valence-electron chi connectivity index (χ2n) is 5.53. The van der Waals surface area contributed by atoms with Crippen molar-refractivity contribution in [2.24, 2.45) is 0 Å². The summed E-state index contributed by atoms with van der Waals surface area (Å²) in [7, 11) is 1.90. The van der Waals surface area contributed by atoms with Crippen molar-refractivity contribution in [3.8, 4) is 5.75 Å². The Labute approximate surface area is 134 Å². The summed E-state index contributed by atoms with van der Waals surface area (Å²) < 4.78 is 6.80. The monoisotopic (exact) mass is 354 g/mol. The quantitative estimate of drug-likeness (QED) is 0.825. The van der Waals surface area contributed by atoms with Crippen molar-refractivity contribution < 1.29 is 9.53 Å². The van der Waals surface area contributed by atoms with Crippen molar-refractivity contribution in [1.29, 1.82) is 0 Å². The van der Waals surface area contributed by atoms with Gasteiger partial charge in [0.2, 0.25) is 0 Å². The topological polar surface area (TPSA) is 50.4 Å². The molecule has 0 spiro atoms. The zero-order valence-corrected chi connectivity index (χ0v) is 14.2. The Morgan fingerprint density at radius 2 is 2.14 bits per heavy atom. The molecule has 2 N–H and O–H groups in total. The van der Waals surface area contributed by atoms with E-state index < -0.39 is 6.10 Å². The summed E-state index contributed by atoms with van der Waals surface area (Å²) in [6.07, 6.45) is 4.11. The minimum Gasteiger partial charge on any atom is -0.481 e. The van der Waals surface area contributed by atoms with Crippen LogP contribution in [-0.2, 0) is 11.3 Å². The van der Waals surface area contributed by atoms with Gasteiger partial charge in [-0.25, -0.2) is 0 Å². The number of ether oxygens (including phenoxy) is 1. The highest BCUT2D eigenvalue weighted by molar-refractivity contribution is 9.10. The molecule has 1 aromatic carbocycles. The highest BCUT2D eigenvalue weighted by atomic mass is 79.9. The van der Waals surface area contributed by atoms with E-state index in [1.165, 1.54) is 12.8 Å². The molecule has 1 aliphatic carbocycles. The van der Waals surface area contributed by atoms with Crippen LogP contribution in [0.1, 0.15) is 38.2 Å². The number of carbonyl (C=O) groups is 1. The minimum absolute atomic E-state index is 0.0278. The normalized spacial score (nSPS) is 16.7. The van der Waals surface area contributed by atoms with Crippen LogP contribution in [0.4, 0.5) is 0 Å². The first kappa shape index (κ1) is 16.3. The molecule has 21 heavy (non-hydrogen) atoms. The predicted octanol–water partition coefficient (Wildman–Crippen LogP) is 2.99. The summed E-state index contributed by atoms with van der Waals surface area (Å²) in [5.74, 6) is 0.692. The Balaban J connectivity index is 1.93. The van der Waals surface area contributed by atoms with Crippen molar-refractivity contribution in [3.63, 3.8) is 0 Å². The average Bonchev–Trinajstić information content (AvgIpc) is 2.95. The largest absolute Gasteiger partial charge is 0.481 e. The number of benzene rings is 1. The second-order valence-corrected chi connectivity index (χ2v) is 6.39. The van der Waals surface area contributed by atoms with E-state index in [-0.39, 0.29) is 5.91 Å². The van der Waals surface area contributed by atoms with E-state index >= 15 is 0 Å². The van der Waals surface area contributed by atoms with Gasteiger partial charge >= 0.3 is 0 Å². The number of hydrogen-bond donors (Lipinski definition) is 2. The molecule has 0 aliphatic heterocycles. The number of nitrogens with one attached hydrogen (secondary N) is 2. The lowest BCUT2D eigenvalue weighted by molar-refractivity contribution is -0.127. The van der Waals surface area contributed by atoms with Crippen LogP contribution >= 0.6 is 15.9 Å². The van der Waals surface area contributed by atoms with Crippen LogP contribution < -0.4 is 15.4 Å². The first-order valence-electron chi connectivity index (χ1n) is 7.50. The van der Waals surface area contributed by atoms with E-state index in [2.05, 4.69) is 26.6 Å². The molecule has 1 aliphatic rings. The van der Waals surface area contributed by atoms with Gasteiger partial charge in [-0.1, -0.05) is 28.8 Å². The Kier molecular flexibility index (Phi) is 6.06. The molecule has 0 radical (unpaired) electrons. The van der Waals surface area contributed by atoms with E-state index in [4.69, 9.17) is 4.74 Å². The number of rotatable bonds is 6. The van der Waals surface area contributed by atoms with Crippen molar-refractivity contribution in [1.82, 2.24) is 10.6 Å². The van der Waals surface area contributed by atoms with E-state index in [9.17, 15) is 4.79 Å². The maximum Gasteiger partial charge on any atom is 0.260 e. The van der Waals surface area contributed by atoms with Crippen LogP contribution in [0.25, 0.3) is 0 Å². The third-order valence-electron chi connectivity index (χ3n) is 3.77. The summed E-state index contributed by atoms with van der Waals surface area (Å²) >= 11 is 3.51. The number of halogens is 1. The molecule has 4 nitrogen and oxygen atoms in total. The number of carbonyl (C=O) groups excluding carboxylic acids is 1. The van der Waals surface area contributed by atoms with E-state index in [0.29, 0.717) is 6.04 Å². The molecule has 0 bridgehead atoms. The van der Waals surface area contributed by atoms with Crippen LogP contribution in [0.15, 0.2) is 22.7 Å². The minimum atomic E-state index is -0.478. The Morgan fingerprint density at radius 1 is 1.43 bits per heavy atom. The van der Waals surface area contributed by atoms with Crippen molar-refractivity contribution in [2.75, 3.05) is 7.05 Å². The SMILES string of the molecule is CNCc1cc(OC(C)C(=O)NC2CCCC2)ccc1Br. The predicted molar refractivity (Wildman–Crippen MR) is 87.4 cm³/mol. The fraction of sp³-hybridized carbons (Fsp3) is 0.562. The molecule has 1 unspecified atom stereocenters. The van der Waals surface area contributed by atoms with Crippen molar-refractivity contribution in [2.45, 2.75) is 51.3 Å². The zero-order chi connectivity index (χ0) is 15.2. The van der Waals surface area contributed by atoms with Crippen molar-refractivity contribution in [3.05, 3.63) is 28.2 Å². The molecule has 2 rings (SSSR count). The first-order chi connectivity index (χ1) is 10.1. The van der Waals surface area contributed by atoms with E-state index in [1.807, 2.05) is 25.2 Å². The standard InChI is InChI=1S/C16H23BrN2O2/c1-11(16(20)19-13-5-3-4-6-13)21-14-7-8-15(17)12(9-14)10-18-2/h7-9,11,13,18H,3-6,10H2,1-2H3,(H,19,20). The third-order valence-corrected chi connectivity index (χ3v) is 4.54. The maximum absolute atomic E-state index is 12.1.